The van der Waals surface area contributed by atoms with E-state index in [1.54, 1.807) is 18.4 Å². The molecule has 2 N–H and O–H groups in total. The standard InChI is InChI=1S/C25H38N6OS/c1-16(2)26-15-30(8)20-11-10-18(12-21(20)32-9)19-14-33-24(27-19)28-23-13-22(25(5,6)7)29-31(23)17(3)4/h10-17,22,29H,1-9H3,(H,27,28). The van der Waals surface area contributed by atoms with Crippen molar-refractivity contribution < 1.29 is 4.74 Å². The van der Waals surface area contributed by atoms with Crippen molar-refractivity contribution in [2.75, 3.05) is 24.4 Å². The third kappa shape index (κ3) is 6.06. The van der Waals surface area contributed by atoms with Gasteiger partial charge in [0, 0.05) is 30.1 Å². The number of hydrogen-bond donors (Lipinski definition) is 2. The van der Waals surface area contributed by atoms with Gasteiger partial charge in [0.2, 0.25) is 0 Å². The monoisotopic (exact) mass is 470 g/mol. The van der Waals surface area contributed by atoms with E-state index in [0.717, 1.165) is 33.6 Å². The lowest BCUT2D eigenvalue weighted by atomic mass is 9.87. The Labute approximate surface area is 202 Å². The lowest BCUT2D eigenvalue weighted by Gasteiger charge is -2.31. The number of anilines is 2. The molecule has 1 atom stereocenters. The van der Waals surface area contributed by atoms with Gasteiger partial charge in [-0.05, 0) is 51.3 Å². The molecule has 7 nitrogen and oxygen atoms in total. The van der Waals surface area contributed by atoms with Crippen molar-refractivity contribution >= 4 is 28.5 Å². The van der Waals surface area contributed by atoms with Crippen LogP contribution in [0.5, 0.6) is 5.75 Å². The van der Waals surface area contributed by atoms with Crippen LogP contribution in [-0.4, -0.2) is 48.6 Å². The number of thiazole rings is 1. The number of methoxy groups -OCH3 is 1. The van der Waals surface area contributed by atoms with Gasteiger partial charge in [0.1, 0.15) is 11.6 Å². The number of ether oxygens (including phenoxy) is 1. The fourth-order valence-corrected chi connectivity index (χ4v) is 4.19. The first-order valence-corrected chi connectivity index (χ1v) is 12.3. The summed E-state index contributed by atoms with van der Waals surface area (Å²) in [5, 5.41) is 8.65. The molecule has 1 aromatic carbocycles. The van der Waals surface area contributed by atoms with Crippen LogP contribution < -0.4 is 20.4 Å². The minimum absolute atomic E-state index is 0.121. The summed E-state index contributed by atoms with van der Waals surface area (Å²) < 4.78 is 5.67. The zero-order valence-corrected chi connectivity index (χ0v) is 22.1. The van der Waals surface area contributed by atoms with Crippen molar-refractivity contribution in [3.8, 4) is 17.0 Å². The lowest BCUT2D eigenvalue weighted by molar-refractivity contribution is 0.164. The molecule has 2 heterocycles. The number of nitrogens with zero attached hydrogens (tertiary/aromatic N) is 4. The first-order chi connectivity index (χ1) is 15.5. The molecule has 33 heavy (non-hydrogen) atoms. The van der Waals surface area contributed by atoms with Crippen molar-refractivity contribution in [1.82, 2.24) is 15.4 Å². The molecule has 3 rings (SSSR count). The molecule has 180 valence electrons. The van der Waals surface area contributed by atoms with E-state index in [9.17, 15) is 0 Å². The molecule has 0 saturated heterocycles. The number of aromatic nitrogens is 1. The molecular formula is C25H38N6OS. The predicted molar refractivity (Wildman–Crippen MR) is 141 cm³/mol. The van der Waals surface area contributed by atoms with Gasteiger partial charge in [0.15, 0.2) is 5.13 Å². The molecule has 1 aromatic heterocycles. The largest absolute Gasteiger partial charge is 0.495 e. The number of aliphatic imine (C=N–C) groups is 1. The Morgan fingerprint density at radius 3 is 2.61 bits per heavy atom. The maximum Gasteiger partial charge on any atom is 0.188 e. The van der Waals surface area contributed by atoms with Gasteiger partial charge in [-0.3, -0.25) is 10.0 Å². The minimum Gasteiger partial charge on any atom is -0.495 e. The number of nitrogens with one attached hydrogen (secondary N) is 2. The van der Waals surface area contributed by atoms with Crippen molar-refractivity contribution in [3.63, 3.8) is 0 Å². The predicted octanol–water partition coefficient (Wildman–Crippen LogP) is 5.59. The Hall–Kier alpha value is -2.58. The maximum atomic E-state index is 5.67. The molecule has 0 bridgehead atoms. The average molecular weight is 471 g/mol. The Kier molecular flexibility index (Phi) is 7.69. The van der Waals surface area contributed by atoms with Gasteiger partial charge in [-0.25, -0.2) is 10.4 Å². The second-order valence-corrected chi connectivity index (χ2v) is 10.9. The lowest BCUT2D eigenvalue weighted by Crippen LogP contribution is -2.46. The highest BCUT2D eigenvalue weighted by Crippen LogP contribution is 2.35. The first kappa shape index (κ1) is 25.1. The van der Waals surface area contributed by atoms with Crippen molar-refractivity contribution in [1.29, 1.82) is 0 Å². The van der Waals surface area contributed by atoms with E-state index >= 15 is 0 Å². The van der Waals surface area contributed by atoms with Gasteiger partial charge >= 0.3 is 0 Å². The van der Waals surface area contributed by atoms with Gasteiger partial charge in [-0.1, -0.05) is 26.8 Å². The Balaban J connectivity index is 1.81. The highest BCUT2D eigenvalue weighted by Gasteiger charge is 2.32. The Morgan fingerprint density at radius 2 is 2.00 bits per heavy atom. The fraction of sp³-hybridized carbons (Fsp3) is 0.520. The highest BCUT2D eigenvalue weighted by atomic mass is 32.1. The summed E-state index contributed by atoms with van der Waals surface area (Å²) in [6, 6.07) is 6.97. The summed E-state index contributed by atoms with van der Waals surface area (Å²) in [7, 11) is 3.67. The van der Waals surface area contributed by atoms with E-state index in [0.29, 0.717) is 6.04 Å². The third-order valence-corrected chi connectivity index (χ3v) is 6.20. The summed E-state index contributed by atoms with van der Waals surface area (Å²) in [5.74, 6) is 1.83. The van der Waals surface area contributed by atoms with Crippen LogP contribution >= 0.6 is 11.3 Å². The molecular weight excluding hydrogens is 432 g/mol. The van der Waals surface area contributed by atoms with Gasteiger partial charge in [-0.15, -0.1) is 11.3 Å². The third-order valence-electron chi connectivity index (χ3n) is 5.44. The van der Waals surface area contributed by atoms with Crippen LogP contribution in [-0.2, 0) is 0 Å². The summed E-state index contributed by atoms with van der Waals surface area (Å²) >= 11 is 1.60. The molecule has 2 aromatic rings. The van der Waals surface area contributed by atoms with Crippen LogP contribution in [0.2, 0.25) is 0 Å². The molecule has 1 aliphatic rings. The van der Waals surface area contributed by atoms with Crippen LogP contribution in [0.15, 0.2) is 40.5 Å². The van der Waals surface area contributed by atoms with Crippen molar-refractivity contribution in [2.45, 2.75) is 66.6 Å². The van der Waals surface area contributed by atoms with E-state index < -0.39 is 0 Å². The van der Waals surface area contributed by atoms with E-state index in [4.69, 9.17) is 9.72 Å². The molecule has 0 spiro atoms. The maximum absolute atomic E-state index is 5.67. The molecule has 1 aliphatic heterocycles. The second kappa shape index (κ2) is 10.1. The van der Waals surface area contributed by atoms with Crippen molar-refractivity contribution in [3.05, 3.63) is 35.5 Å². The number of benzene rings is 1. The zero-order chi connectivity index (χ0) is 24.3. The van der Waals surface area contributed by atoms with Gasteiger partial charge in [0.25, 0.3) is 0 Å². The van der Waals surface area contributed by atoms with E-state index in [1.807, 2.05) is 30.4 Å². The molecule has 1 unspecified atom stereocenters. The average Bonchev–Trinajstić information content (AvgIpc) is 3.39. The van der Waals surface area contributed by atoms with E-state index in [1.165, 1.54) is 0 Å². The fourth-order valence-electron chi connectivity index (χ4n) is 3.46. The molecule has 0 saturated carbocycles. The quantitative estimate of drug-likeness (QED) is 0.387. The normalized spacial score (nSPS) is 16.8. The van der Waals surface area contributed by atoms with Crippen LogP contribution in [0, 0.1) is 5.41 Å². The molecule has 8 heteroatoms. The van der Waals surface area contributed by atoms with Crippen LogP contribution in [0.1, 0.15) is 48.5 Å². The number of hydrogen-bond acceptors (Lipinski definition) is 7. The zero-order valence-electron chi connectivity index (χ0n) is 21.3. The Bertz CT molecular complexity index is 1000. The molecule has 0 fully saturated rings. The van der Waals surface area contributed by atoms with Gasteiger partial charge in [-0.2, -0.15) is 0 Å². The molecule has 0 amide bonds. The highest BCUT2D eigenvalue weighted by molar-refractivity contribution is 7.14. The van der Waals surface area contributed by atoms with Crippen LogP contribution in [0.3, 0.4) is 0 Å². The SMILES string of the molecule is COc1cc(-c2csc(NC3=CC(C(C)(C)C)NN3C(C)C)n2)ccc1N(C)C=NC(C)C. The Morgan fingerprint density at radius 1 is 1.27 bits per heavy atom. The summed E-state index contributed by atoms with van der Waals surface area (Å²) in [5.41, 5.74) is 6.63. The first-order valence-electron chi connectivity index (χ1n) is 11.4. The molecule has 0 aliphatic carbocycles. The summed E-state index contributed by atoms with van der Waals surface area (Å²) in [6.07, 6.45) is 4.09. The number of rotatable bonds is 8. The number of hydrazine groups is 1. The smallest absolute Gasteiger partial charge is 0.188 e. The second-order valence-electron chi connectivity index (χ2n) is 10.0. The molecule has 0 radical (unpaired) electrons. The van der Waals surface area contributed by atoms with Crippen LogP contribution in [0.4, 0.5) is 10.8 Å². The van der Waals surface area contributed by atoms with Gasteiger partial charge < -0.3 is 15.0 Å². The minimum atomic E-state index is 0.121. The summed E-state index contributed by atoms with van der Waals surface area (Å²) in [4.78, 5) is 11.3. The van der Waals surface area contributed by atoms with Gasteiger partial charge in [0.05, 0.1) is 30.9 Å². The van der Waals surface area contributed by atoms with E-state index in [2.05, 4.69) is 86.7 Å². The summed E-state index contributed by atoms with van der Waals surface area (Å²) in [6.45, 7) is 15.2. The van der Waals surface area contributed by atoms with Crippen molar-refractivity contribution in [2.24, 2.45) is 10.4 Å². The topological polar surface area (TPSA) is 65.0 Å². The van der Waals surface area contributed by atoms with E-state index in [-0.39, 0.29) is 17.5 Å². The van der Waals surface area contributed by atoms with Crippen LogP contribution in [0.25, 0.3) is 11.3 Å².